The maximum absolute atomic E-state index is 8.20. The van der Waals surface area contributed by atoms with Crippen LogP contribution in [-0.2, 0) is 6.54 Å². The van der Waals surface area contributed by atoms with Gasteiger partial charge in [-0.05, 0) is 30.2 Å². The summed E-state index contributed by atoms with van der Waals surface area (Å²) in [5, 5.41) is 3.48. The summed E-state index contributed by atoms with van der Waals surface area (Å²) in [5.41, 5.74) is 9.10. The SMILES string of the molecule is CCOc1cc(CN=[N+]=[N-])ccc1OC. The molecule has 0 unspecified atom stereocenters. The Kier molecular flexibility index (Phi) is 4.31. The Morgan fingerprint density at radius 3 is 2.80 bits per heavy atom. The van der Waals surface area contributed by atoms with E-state index >= 15 is 0 Å². The van der Waals surface area contributed by atoms with E-state index in [0.29, 0.717) is 24.7 Å². The summed E-state index contributed by atoms with van der Waals surface area (Å²) in [6, 6.07) is 5.46. The lowest BCUT2D eigenvalue weighted by molar-refractivity contribution is 0.310. The van der Waals surface area contributed by atoms with Gasteiger partial charge in [0.1, 0.15) is 0 Å². The van der Waals surface area contributed by atoms with E-state index in [-0.39, 0.29) is 0 Å². The molecule has 1 rings (SSSR count). The highest BCUT2D eigenvalue weighted by Crippen LogP contribution is 2.28. The van der Waals surface area contributed by atoms with Gasteiger partial charge in [0.2, 0.25) is 0 Å². The van der Waals surface area contributed by atoms with Crippen LogP contribution in [0.3, 0.4) is 0 Å². The second-order valence-electron chi connectivity index (χ2n) is 2.81. The average molecular weight is 207 g/mol. The number of hydrogen-bond acceptors (Lipinski definition) is 3. The van der Waals surface area contributed by atoms with E-state index in [0.717, 1.165) is 5.56 Å². The van der Waals surface area contributed by atoms with Crippen molar-refractivity contribution in [1.29, 1.82) is 0 Å². The second-order valence-corrected chi connectivity index (χ2v) is 2.81. The third-order valence-electron chi connectivity index (χ3n) is 1.84. The number of benzene rings is 1. The summed E-state index contributed by atoms with van der Waals surface area (Å²) < 4.78 is 10.5. The van der Waals surface area contributed by atoms with Crippen LogP contribution < -0.4 is 9.47 Å². The molecule has 0 aliphatic rings. The first-order valence-corrected chi connectivity index (χ1v) is 4.62. The van der Waals surface area contributed by atoms with Gasteiger partial charge >= 0.3 is 0 Å². The molecule has 0 N–H and O–H groups in total. The standard InChI is InChI=1S/C10H13N3O2/c1-3-15-10-6-8(7-12-13-11)4-5-9(10)14-2/h4-6H,3,7H2,1-2H3. The third kappa shape index (κ3) is 3.07. The van der Waals surface area contributed by atoms with Crippen molar-refractivity contribution in [2.45, 2.75) is 13.5 Å². The van der Waals surface area contributed by atoms with Gasteiger partial charge in [0.25, 0.3) is 0 Å². The molecule has 1 aromatic rings. The number of rotatable bonds is 5. The molecular weight excluding hydrogens is 194 g/mol. The number of hydrogen-bond donors (Lipinski definition) is 0. The molecule has 15 heavy (non-hydrogen) atoms. The topological polar surface area (TPSA) is 67.2 Å². The molecular formula is C10H13N3O2. The first-order chi connectivity index (χ1) is 7.31. The smallest absolute Gasteiger partial charge is 0.161 e. The summed E-state index contributed by atoms with van der Waals surface area (Å²) >= 11 is 0. The highest BCUT2D eigenvalue weighted by molar-refractivity contribution is 5.42. The van der Waals surface area contributed by atoms with E-state index in [1.54, 1.807) is 13.2 Å². The van der Waals surface area contributed by atoms with Gasteiger partial charge in [0.15, 0.2) is 11.5 Å². The van der Waals surface area contributed by atoms with Gasteiger partial charge < -0.3 is 9.47 Å². The van der Waals surface area contributed by atoms with Gasteiger partial charge in [-0.3, -0.25) is 0 Å². The Hall–Kier alpha value is -1.87. The minimum atomic E-state index is 0.320. The first kappa shape index (κ1) is 11.2. The van der Waals surface area contributed by atoms with Gasteiger partial charge in [-0.15, -0.1) is 0 Å². The zero-order valence-electron chi connectivity index (χ0n) is 8.80. The predicted molar refractivity (Wildman–Crippen MR) is 57.0 cm³/mol. The van der Waals surface area contributed by atoms with Crippen molar-refractivity contribution < 1.29 is 9.47 Å². The predicted octanol–water partition coefficient (Wildman–Crippen LogP) is 2.90. The fourth-order valence-electron chi connectivity index (χ4n) is 1.20. The molecule has 0 aliphatic heterocycles. The van der Waals surface area contributed by atoms with Crippen molar-refractivity contribution in [3.05, 3.63) is 34.2 Å². The summed E-state index contributed by atoms with van der Waals surface area (Å²) in [4.78, 5) is 2.70. The van der Waals surface area contributed by atoms with E-state index in [1.807, 2.05) is 19.1 Å². The van der Waals surface area contributed by atoms with Crippen LogP contribution in [-0.4, -0.2) is 13.7 Å². The maximum atomic E-state index is 8.20. The fraction of sp³-hybridized carbons (Fsp3) is 0.400. The van der Waals surface area contributed by atoms with Crippen molar-refractivity contribution in [2.24, 2.45) is 5.11 Å². The van der Waals surface area contributed by atoms with Crippen LogP contribution in [0.1, 0.15) is 12.5 Å². The van der Waals surface area contributed by atoms with Crippen molar-refractivity contribution in [3.63, 3.8) is 0 Å². The lowest BCUT2D eigenvalue weighted by Gasteiger charge is -2.09. The van der Waals surface area contributed by atoms with Crippen LogP contribution in [0.2, 0.25) is 0 Å². The molecule has 0 saturated carbocycles. The second kappa shape index (κ2) is 5.78. The van der Waals surface area contributed by atoms with Crippen molar-refractivity contribution in [3.8, 4) is 11.5 Å². The van der Waals surface area contributed by atoms with Crippen LogP contribution in [0.25, 0.3) is 10.4 Å². The maximum Gasteiger partial charge on any atom is 0.161 e. The van der Waals surface area contributed by atoms with Crippen LogP contribution in [0.4, 0.5) is 0 Å². The molecule has 0 heterocycles. The monoisotopic (exact) mass is 207 g/mol. The van der Waals surface area contributed by atoms with Crippen LogP contribution in [0.5, 0.6) is 11.5 Å². The Morgan fingerprint density at radius 1 is 1.40 bits per heavy atom. The minimum absolute atomic E-state index is 0.320. The summed E-state index contributed by atoms with van der Waals surface area (Å²) in [7, 11) is 1.59. The van der Waals surface area contributed by atoms with E-state index in [2.05, 4.69) is 10.0 Å². The van der Waals surface area contributed by atoms with Crippen LogP contribution in [0, 0.1) is 0 Å². The number of ether oxygens (including phenoxy) is 2. The molecule has 0 saturated heterocycles. The lowest BCUT2D eigenvalue weighted by atomic mass is 10.2. The van der Waals surface area contributed by atoms with E-state index in [1.165, 1.54) is 0 Å². The molecule has 0 bridgehead atoms. The number of azide groups is 1. The molecule has 0 radical (unpaired) electrons. The Morgan fingerprint density at radius 2 is 2.20 bits per heavy atom. The van der Waals surface area contributed by atoms with Crippen LogP contribution in [0.15, 0.2) is 23.3 Å². The number of methoxy groups -OCH3 is 1. The first-order valence-electron chi connectivity index (χ1n) is 4.62. The van der Waals surface area contributed by atoms with Gasteiger partial charge in [-0.2, -0.15) is 0 Å². The average Bonchev–Trinajstić information content (AvgIpc) is 2.27. The van der Waals surface area contributed by atoms with Gasteiger partial charge in [0, 0.05) is 4.91 Å². The molecule has 80 valence electrons. The van der Waals surface area contributed by atoms with E-state index in [9.17, 15) is 0 Å². The Balaban J connectivity index is 2.92. The molecule has 5 heteroatoms. The highest BCUT2D eigenvalue weighted by Gasteiger charge is 2.04. The van der Waals surface area contributed by atoms with E-state index < -0.39 is 0 Å². The van der Waals surface area contributed by atoms with Crippen LogP contribution >= 0.6 is 0 Å². The molecule has 0 fully saturated rings. The van der Waals surface area contributed by atoms with E-state index in [4.69, 9.17) is 15.0 Å². The quantitative estimate of drug-likeness (QED) is 0.423. The summed E-state index contributed by atoms with van der Waals surface area (Å²) in [5.74, 6) is 1.35. The Labute approximate surface area is 88.3 Å². The largest absolute Gasteiger partial charge is 0.493 e. The molecule has 0 aliphatic carbocycles. The normalized spacial score (nSPS) is 9.20. The Bertz CT molecular complexity index is 373. The highest BCUT2D eigenvalue weighted by atomic mass is 16.5. The van der Waals surface area contributed by atoms with Crippen molar-refractivity contribution in [2.75, 3.05) is 13.7 Å². The van der Waals surface area contributed by atoms with Gasteiger partial charge in [-0.25, -0.2) is 0 Å². The third-order valence-corrected chi connectivity index (χ3v) is 1.84. The molecule has 5 nitrogen and oxygen atoms in total. The summed E-state index contributed by atoms with van der Waals surface area (Å²) in [6.45, 7) is 2.79. The van der Waals surface area contributed by atoms with Gasteiger partial charge in [0.05, 0.1) is 20.3 Å². The molecule has 0 amide bonds. The zero-order chi connectivity index (χ0) is 11.1. The molecule has 1 aromatic carbocycles. The van der Waals surface area contributed by atoms with Crippen molar-refractivity contribution >= 4 is 0 Å². The van der Waals surface area contributed by atoms with Crippen molar-refractivity contribution in [1.82, 2.24) is 0 Å². The molecule has 0 atom stereocenters. The van der Waals surface area contributed by atoms with Gasteiger partial charge in [-0.1, -0.05) is 11.2 Å². The molecule has 0 aromatic heterocycles. The lowest BCUT2D eigenvalue weighted by Crippen LogP contribution is -1.96. The molecule has 0 spiro atoms. The summed E-state index contributed by atoms with van der Waals surface area (Å²) in [6.07, 6.45) is 0. The minimum Gasteiger partial charge on any atom is -0.493 e. The fourth-order valence-corrected chi connectivity index (χ4v) is 1.20. The zero-order valence-corrected chi connectivity index (χ0v) is 8.80. The number of nitrogens with zero attached hydrogens (tertiary/aromatic N) is 3.